The zero-order valence-corrected chi connectivity index (χ0v) is 10.9. The van der Waals surface area contributed by atoms with Gasteiger partial charge in [-0.05, 0) is 18.7 Å². The first-order valence-corrected chi connectivity index (χ1v) is 6.31. The Bertz CT molecular complexity index is 372. The van der Waals surface area contributed by atoms with Gasteiger partial charge in [0.1, 0.15) is 18.0 Å². The molecule has 3 unspecified atom stereocenters. The van der Waals surface area contributed by atoms with Crippen molar-refractivity contribution in [3.63, 3.8) is 0 Å². The molecule has 0 amide bonds. The van der Waals surface area contributed by atoms with E-state index in [1.807, 2.05) is 24.3 Å². The standard InChI is InChI=1S/C13H18ClNO2/c1-3-15-10-8-12(13(10)16-2)17-11-7-5-4-6-9(11)14/h4-7,10,12-13,15H,3,8H2,1-2H3. The lowest BCUT2D eigenvalue weighted by molar-refractivity contribution is -0.0883. The average Bonchev–Trinajstić information content (AvgIpc) is 2.30. The Hall–Kier alpha value is -0.770. The summed E-state index contributed by atoms with van der Waals surface area (Å²) in [5.41, 5.74) is 0. The summed E-state index contributed by atoms with van der Waals surface area (Å²) in [6.45, 7) is 3.04. The summed E-state index contributed by atoms with van der Waals surface area (Å²) >= 11 is 6.06. The molecule has 2 rings (SSSR count). The number of hydrogen-bond donors (Lipinski definition) is 1. The van der Waals surface area contributed by atoms with Crippen LogP contribution in [0.25, 0.3) is 0 Å². The zero-order chi connectivity index (χ0) is 12.3. The van der Waals surface area contributed by atoms with Crippen molar-refractivity contribution in [1.29, 1.82) is 0 Å². The molecule has 0 bridgehead atoms. The number of nitrogens with one attached hydrogen (secondary N) is 1. The summed E-state index contributed by atoms with van der Waals surface area (Å²) in [5, 5.41) is 4.02. The van der Waals surface area contributed by atoms with E-state index in [0.29, 0.717) is 11.1 Å². The van der Waals surface area contributed by atoms with Crippen LogP contribution in [0, 0.1) is 0 Å². The van der Waals surface area contributed by atoms with E-state index in [9.17, 15) is 0 Å². The van der Waals surface area contributed by atoms with Crippen molar-refractivity contribution in [3.05, 3.63) is 29.3 Å². The first-order valence-electron chi connectivity index (χ1n) is 5.93. The molecule has 0 radical (unpaired) electrons. The van der Waals surface area contributed by atoms with Gasteiger partial charge in [0, 0.05) is 19.6 Å². The maximum atomic E-state index is 6.06. The van der Waals surface area contributed by atoms with E-state index in [4.69, 9.17) is 21.1 Å². The molecule has 94 valence electrons. The molecule has 3 atom stereocenters. The lowest BCUT2D eigenvalue weighted by Crippen LogP contribution is -2.60. The summed E-state index contributed by atoms with van der Waals surface area (Å²) in [5.74, 6) is 0.733. The van der Waals surface area contributed by atoms with Gasteiger partial charge in [0.25, 0.3) is 0 Å². The highest BCUT2D eigenvalue weighted by atomic mass is 35.5. The molecule has 1 N–H and O–H groups in total. The van der Waals surface area contributed by atoms with Crippen molar-refractivity contribution >= 4 is 11.6 Å². The van der Waals surface area contributed by atoms with E-state index in [1.165, 1.54) is 0 Å². The van der Waals surface area contributed by atoms with Gasteiger partial charge in [0.05, 0.1) is 5.02 Å². The number of para-hydroxylation sites is 1. The molecule has 1 fully saturated rings. The molecule has 0 spiro atoms. The molecule has 1 aromatic carbocycles. The van der Waals surface area contributed by atoms with E-state index in [1.54, 1.807) is 7.11 Å². The summed E-state index contributed by atoms with van der Waals surface area (Å²) in [4.78, 5) is 0. The number of rotatable bonds is 5. The van der Waals surface area contributed by atoms with Gasteiger partial charge in [0.15, 0.2) is 0 Å². The molecule has 3 nitrogen and oxygen atoms in total. The Balaban J connectivity index is 1.95. The lowest BCUT2D eigenvalue weighted by Gasteiger charge is -2.43. The molecule has 17 heavy (non-hydrogen) atoms. The van der Waals surface area contributed by atoms with Crippen LogP contribution in [-0.2, 0) is 4.74 Å². The van der Waals surface area contributed by atoms with Gasteiger partial charge < -0.3 is 14.8 Å². The van der Waals surface area contributed by atoms with Crippen molar-refractivity contribution in [2.45, 2.75) is 31.6 Å². The van der Waals surface area contributed by atoms with Gasteiger partial charge in [-0.1, -0.05) is 30.7 Å². The third kappa shape index (κ3) is 2.73. The second-order valence-corrected chi connectivity index (χ2v) is 4.59. The first kappa shape index (κ1) is 12.7. The van der Waals surface area contributed by atoms with Crippen LogP contribution in [0.2, 0.25) is 5.02 Å². The van der Waals surface area contributed by atoms with E-state index >= 15 is 0 Å². The van der Waals surface area contributed by atoms with Crippen LogP contribution in [0.4, 0.5) is 0 Å². The molecule has 1 aliphatic carbocycles. The maximum absolute atomic E-state index is 6.06. The largest absolute Gasteiger partial charge is 0.486 e. The quantitative estimate of drug-likeness (QED) is 0.877. The van der Waals surface area contributed by atoms with E-state index in [0.717, 1.165) is 18.7 Å². The van der Waals surface area contributed by atoms with Gasteiger partial charge in [0.2, 0.25) is 0 Å². The Morgan fingerprint density at radius 1 is 1.41 bits per heavy atom. The molecule has 4 heteroatoms. The van der Waals surface area contributed by atoms with Crippen molar-refractivity contribution < 1.29 is 9.47 Å². The predicted molar refractivity (Wildman–Crippen MR) is 68.7 cm³/mol. The van der Waals surface area contributed by atoms with Crippen LogP contribution in [-0.4, -0.2) is 31.9 Å². The molecule has 1 aromatic rings. The minimum atomic E-state index is 0.0870. The number of methoxy groups -OCH3 is 1. The number of benzene rings is 1. The monoisotopic (exact) mass is 255 g/mol. The fourth-order valence-electron chi connectivity index (χ4n) is 2.18. The second kappa shape index (κ2) is 5.71. The van der Waals surface area contributed by atoms with Crippen LogP contribution >= 0.6 is 11.6 Å². The molecular formula is C13H18ClNO2. The molecular weight excluding hydrogens is 238 g/mol. The normalized spacial score (nSPS) is 27.6. The average molecular weight is 256 g/mol. The van der Waals surface area contributed by atoms with Gasteiger partial charge in [-0.15, -0.1) is 0 Å². The number of likely N-dealkylation sites (N-methyl/N-ethyl adjacent to an activating group) is 1. The van der Waals surface area contributed by atoms with Crippen LogP contribution in [0.1, 0.15) is 13.3 Å². The van der Waals surface area contributed by atoms with Gasteiger partial charge in [-0.2, -0.15) is 0 Å². The second-order valence-electron chi connectivity index (χ2n) is 4.19. The molecule has 0 aliphatic heterocycles. The van der Waals surface area contributed by atoms with E-state index < -0.39 is 0 Å². The van der Waals surface area contributed by atoms with Crippen molar-refractivity contribution in [3.8, 4) is 5.75 Å². The van der Waals surface area contributed by atoms with Gasteiger partial charge in [-0.25, -0.2) is 0 Å². The Morgan fingerprint density at radius 2 is 2.18 bits per heavy atom. The Labute approximate surface area is 107 Å². The number of ether oxygens (including phenoxy) is 2. The summed E-state index contributed by atoms with van der Waals surface area (Å²) < 4.78 is 11.3. The zero-order valence-electron chi connectivity index (χ0n) is 10.2. The van der Waals surface area contributed by atoms with Crippen LogP contribution in [0.15, 0.2) is 24.3 Å². The highest BCUT2D eigenvalue weighted by Crippen LogP contribution is 2.32. The fraction of sp³-hybridized carbons (Fsp3) is 0.538. The Kier molecular flexibility index (Phi) is 4.26. The summed E-state index contributed by atoms with van der Waals surface area (Å²) in [6.07, 6.45) is 1.15. The number of hydrogen-bond acceptors (Lipinski definition) is 3. The minimum Gasteiger partial charge on any atom is -0.486 e. The smallest absolute Gasteiger partial charge is 0.138 e. The van der Waals surface area contributed by atoms with Crippen LogP contribution in [0.3, 0.4) is 0 Å². The minimum absolute atomic E-state index is 0.0870. The SMILES string of the molecule is CCNC1CC(Oc2ccccc2Cl)C1OC. The van der Waals surface area contributed by atoms with Crippen molar-refractivity contribution in [2.75, 3.05) is 13.7 Å². The van der Waals surface area contributed by atoms with Crippen LogP contribution < -0.4 is 10.1 Å². The highest BCUT2D eigenvalue weighted by Gasteiger charge is 2.42. The van der Waals surface area contributed by atoms with E-state index in [-0.39, 0.29) is 12.2 Å². The number of halogens is 1. The Morgan fingerprint density at radius 3 is 2.82 bits per heavy atom. The summed E-state index contributed by atoms with van der Waals surface area (Å²) in [6, 6.07) is 7.92. The molecule has 1 saturated carbocycles. The van der Waals surface area contributed by atoms with Crippen LogP contribution in [0.5, 0.6) is 5.75 Å². The summed E-state index contributed by atoms with van der Waals surface area (Å²) in [7, 11) is 1.72. The maximum Gasteiger partial charge on any atom is 0.138 e. The molecule has 1 aliphatic rings. The predicted octanol–water partition coefficient (Wildman–Crippen LogP) is 2.48. The highest BCUT2D eigenvalue weighted by molar-refractivity contribution is 6.32. The molecule has 0 saturated heterocycles. The fourth-order valence-corrected chi connectivity index (χ4v) is 2.36. The van der Waals surface area contributed by atoms with Gasteiger partial charge >= 0.3 is 0 Å². The third-order valence-electron chi connectivity index (χ3n) is 3.10. The van der Waals surface area contributed by atoms with E-state index in [2.05, 4.69) is 12.2 Å². The van der Waals surface area contributed by atoms with Crippen molar-refractivity contribution in [1.82, 2.24) is 5.32 Å². The van der Waals surface area contributed by atoms with Gasteiger partial charge in [-0.3, -0.25) is 0 Å². The topological polar surface area (TPSA) is 30.5 Å². The third-order valence-corrected chi connectivity index (χ3v) is 3.41. The molecule has 0 aromatic heterocycles. The van der Waals surface area contributed by atoms with Crippen molar-refractivity contribution in [2.24, 2.45) is 0 Å². The first-order chi connectivity index (χ1) is 8.26. The lowest BCUT2D eigenvalue weighted by atomic mass is 9.85. The molecule has 0 heterocycles.